The summed E-state index contributed by atoms with van der Waals surface area (Å²) in [4.78, 5) is 18.0. The molecule has 3 aromatic rings. The number of carbonyl (C=O) groups is 1. The first-order chi connectivity index (χ1) is 19.5. The third-order valence-corrected chi connectivity index (χ3v) is 9.00. The maximum atomic E-state index is 13.5. The van der Waals surface area contributed by atoms with Gasteiger partial charge in [-0.25, -0.2) is 0 Å². The Morgan fingerprint density at radius 1 is 0.825 bits per heavy atom. The van der Waals surface area contributed by atoms with Gasteiger partial charge >= 0.3 is 0 Å². The minimum absolute atomic E-state index is 0.0985. The van der Waals surface area contributed by atoms with Gasteiger partial charge in [-0.2, -0.15) is 0 Å². The molecule has 0 aliphatic carbocycles. The molecular formula is C34H42N2O4. The van der Waals surface area contributed by atoms with E-state index in [0.29, 0.717) is 12.3 Å². The van der Waals surface area contributed by atoms with Crippen LogP contribution in [0.1, 0.15) is 60.0 Å². The summed E-state index contributed by atoms with van der Waals surface area (Å²) >= 11 is 0. The number of hydrogen-bond donors (Lipinski definition) is 1. The second-order valence-corrected chi connectivity index (χ2v) is 11.4. The normalized spacial score (nSPS) is 21.1. The van der Waals surface area contributed by atoms with Crippen LogP contribution in [0.3, 0.4) is 0 Å². The quantitative estimate of drug-likeness (QED) is 0.379. The first-order valence-corrected chi connectivity index (χ1v) is 14.5. The van der Waals surface area contributed by atoms with E-state index in [-0.39, 0.29) is 11.3 Å². The molecule has 2 fully saturated rings. The Kier molecular flexibility index (Phi) is 8.77. The topological polar surface area (TPSA) is 62.2 Å². The Balaban J connectivity index is 1.31. The van der Waals surface area contributed by atoms with E-state index in [9.17, 15) is 9.90 Å². The van der Waals surface area contributed by atoms with Gasteiger partial charge in [-0.1, -0.05) is 54.6 Å². The van der Waals surface area contributed by atoms with Crippen LogP contribution in [0.4, 0.5) is 0 Å². The predicted molar refractivity (Wildman–Crippen MR) is 158 cm³/mol. The average Bonchev–Trinajstić information content (AvgIpc) is 3.02. The summed E-state index contributed by atoms with van der Waals surface area (Å²) in [6, 6.07) is 25.9. The number of aliphatic hydroxyl groups is 1. The Morgan fingerprint density at radius 3 is 2.17 bits per heavy atom. The van der Waals surface area contributed by atoms with Crippen LogP contribution in [-0.2, 0) is 11.0 Å². The Bertz CT molecular complexity index is 1260. The molecule has 2 aliphatic heterocycles. The Morgan fingerprint density at radius 2 is 1.50 bits per heavy atom. The highest BCUT2D eigenvalue weighted by molar-refractivity contribution is 5.94. The zero-order valence-corrected chi connectivity index (χ0v) is 23.9. The zero-order valence-electron chi connectivity index (χ0n) is 23.9. The van der Waals surface area contributed by atoms with Gasteiger partial charge in [0, 0.05) is 37.2 Å². The number of nitrogens with zero attached hydrogens (tertiary/aromatic N) is 2. The molecule has 212 valence electrons. The van der Waals surface area contributed by atoms with Crippen LogP contribution in [0.25, 0.3) is 0 Å². The van der Waals surface area contributed by atoms with Crippen molar-refractivity contribution in [3.8, 4) is 11.5 Å². The number of hydrogen-bond acceptors (Lipinski definition) is 5. The monoisotopic (exact) mass is 542 g/mol. The summed E-state index contributed by atoms with van der Waals surface area (Å²) < 4.78 is 11.2. The van der Waals surface area contributed by atoms with E-state index in [1.54, 1.807) is 14.2 Å². The summed E-state index contributed by atoms with van der Waals surface area (Å²) in [6.45, 7) is 4.20. The summed E-state index contributed by atoms with van der Waals surface area (Å²) in [6.07, 6.45) is 5.47. The van der Waals surface area contributed by atoms with Crippen molar-refractivity contribution in [3.05, 3.63) is 95.6 Å². The molecule has 1 N–H and O–H groups in total. The summed E-state index contributed by atoms with van der Waals surface area (Å²) in [5, 5.41) is 11.3. The van der Waals surface area contributed by atoms with E-state index < -0.39 is 5.60 Å². The van der Waals surface area contributed by atoms with E-state index in [1.165, 1.54) is 5.56 Å². The number of benzene rings is 3. The van der Waals surface area contributed by atoms with Gasteiger partial charge in [0.2, 0.25) is 0 Å². The highest BCUT2D eigenvalue weighted by atomic mass is 16.5. The standard InChI is InChI=1S/C34H42N2O4/c1-39-30-16-15-29(25-31(30)40-2)33(18-10-22-36(26-33)32(37)27-11-5-3-6-12-27)17-9-21-35-23-19-34(38,20-24-35)28-13-7-4-8-14-28/h3-8,11-16,25,38H,9-10,17-24,26H2,1-2H3. The second-order valence-electron chi connectivity index (χ2n) is 11.4. The number of ether oxygens (including phenoxy) is 2. The molecule has 2 saturated heterocycles. The molecule has 0 aromatic heterocycles. The lowest BCUT2D eigenvalue weighted by atomic mass is 9.70. The largest absolute Gasteiger partial charge is 0.493 e. The van der Waals surface area contributed by atoms with Gasteiger partial charge in [-0.05, 0) is 80.5 Å². The molecule has 0 radical (unpaired) electrons. The van der Waals surface area contributed by atoms with Gasteiger partial charge in [-0.3, -0.25) is 4.79 Å². The molecular weight excluding hydrogens is 500 g/mol. The van der Waals surface area contributed by atoms with Crippen LogP contribution in [-0.4, -0.2) is 67.8 Å². The molecule has 1 unspecified atom stereocenters. The molecule has 40 heavy (non-hydrogen) atoms. The van der Waals surface area contributed by atoms with Crippen molar-refractivity contribution < 1.29 is 19.4 Å². The smallest absolute Gasteiger partial charge is 0.253 e. The third-order valence-electron chi connectivity index (χ3n) is 9.00. The summed E-state index contributed by atoms with van der Waals surface area (Å²) in [5.74, 6) is 1.54. The predicted octanol–water partition coefficient (Wildman–Crippen LogP) is 5.64. The molecule has 0 spiro atoms. The lowest BCUT2D eigenvalue weighted by Crippen LogP contribution is -2.49. The van der Waals surface area contributed by atoms with E-state index in [4.69, 9.17) is 9.47 Å². The number of rotatable bonds is 9. The van der Waals surface area contributed by atoms with E-state index in [2.05, 4.69) is 17.0 Å². The average molecular weight is 543 g/mol. The fourth-order valence-corrected chi connectivity index (χ4v) is 6.64. The fourth-order valence-electron chi connectivity index (χ4n) is 6.64. The summed E-state index contributed by atoms with van der Waals surface area (Å²) in [7, 11) is 3.33. The molecule has 1 atom stereocenters. The molecule has 6 nitrogen and oxygen atoms in total. The van der Waals surface area contributed by atoms with Gasteiger partial charge in [0.05, 0.1) is 19.8 Å². The van der Waals surface area contributed by atoms with Crippen molar-refractivity contribution in [1.29, 1.82) is 0 Å². The van der Waals surface area contributed by atoms with Crippen molar-refractivity contribution >= 4 is 5.91 Å². The van der Waals surface area contributed by atoms with Gasteiger partial charge in [-0.15, -0.1) is 0 Å². The summed E-state index contributed by atoms with van der Waals surface area (Å²) in [5.41, 5.74) is 2.06. The van der Waals surface area contributed by atoms with Crippen LogP contribution < -0.4 is 9.47 Å². The van der Waals surface area contributed by atoms with E-state index in [0.717, 1.165) is 81.6 Å². The van der Waals surface area contributed by atoms with Crippen LogP contribution in [0, 0.1) is 0 Å². The number of amides is 1. The first kappa shape index (κ1) is 28.2. The van der Waals surface area contributed by atoms with Gasteiger partial charge < -0.3 is 24.4 Å². The molecule has 0 saturated carbocycles. The first-order valence-electron chi connectivity index (χ1n) is 14.5. The number of likely N-dealkylation sites (tertiary alicyclic amines) is 2. The number of methoxy groups -OCH3 is 2. The van der Waals surface area contributed by atoms with E-state index in [1.807, 2.05) is 71.6 Å². The van der Waals surface area contributed by atoms with Crippen molar-refractivity contribution in [3.63, 3.8) is 0 Å². The number of carbonyl (C=O) groups excluding carboxylic acids is 1. The SMILES string of the molecule is COc1ccc(C2(CCCN3CCC(O)(c4ccccc4)CC3)CCCN(C(=O)c3ccccc3)C2)cc1OC. The third kappa shape index (κ3) is 6.03. The maximum absolute atomic E-state index is 13.5. The molecule has 2 aliphatic rings. The van der Waals surface area contributed by atoms with Crippen LogP contribution in [0.2, 0.25) is 0 Å². The Labute approximate surface area is 238 Å². The maximum Gasteiger partial charge on any atom is 0.253 e. The van der Waals surface area contributed by atoms with Crippen molar-refractivity contribution in [2.75, 3.05) is 46.9 Å². The lowest BCUT2D eigenvalue weighted by Gasteiger charge is -2.44. The molecule has 1 amide bonds. The molecule has 3 aromatic carbocycles. The van der Waals surface area contributed by atoms with E-state index >= 15 is 0 Å². The van der Waals surface area contributed by atoms with Crippen molar-refractivity contribution in [1.82, 2.24) is 9.80 Å². The minimum Gasteiger partial charge on any atom is -0.493 e. The molecule has 2 heterocycles. The van der Waals surface area contributed by atoms with Gasteiger partial charge in [0.1, 0.15) is 0 Å². The van der Waals surface area contributed by atoms with Crippen LogP contribution in [0.15, 0.2) is 78.9 Å². The molecule has 0 bridgehead atoms. The van der Waals surface area contributed by atoms with Crippen LogP contribution >= 0.6 is 0 Å². The number of piperidine rings is 2. The van der Waals surface area contributed by atoms with Crippen molar-refractivity contribution in [2.45, 2.75) is 49.5 Å². The van der Waals surface area contributed by atoms with Gasteiger partial charge in [0.25, 0.3) is 5.91 Å². The highest BCUT2D eigenvalue weighted by Gasteiger charge is 2.40. The van der Waals surface area contributed by atoms with Crippen LogP contribution in [0.5, 0.6) is 11.5 Å². The zero-order chi connectivity index (χ0) is 28.0. The highest BCUT2D eigenvalue weighted by Crippen LogP contribution is 2.42. The lowest BCUT2D eigenvalue weighted by molar-refractivity contribution is -0.0265. The Hall–Kier alpha value is -3.35. The molecule has 5 rings (SSSR count). The fraction of sp³-hybridized carbons (Fsp3) is 0.441. The minimum atomic E-state index is -0.736. The second kappa shape index (κ2) is 12.4. The van der Waals surface area contributed by atoms with Gasteiger partial charge in [0.15, 0.2) is 11.5 Å². The molecule has 6 heteroatoms. The van der Waals surface area contributed by atoms with Crippen molar-refractivity contribution in [2.24, 2.45) is 0 Å².